The van der Waals surface area contributed by atoms with Crippen molar-refractivity contribution in [2.24, 2.45) is 5.92 Å². The predicted octanol–water partition coefficient (Wildman–Crippen LogP) is 3.38. The van der Waals surface area contributed by atoms with Gasteiger partial charge in [0.2, 0.25) is 5.91 Å². The number of rotatable bonds is 3. The Morgan fingerprint density at radius 1 is 1.43 bits per heavy atom. The number of halogens is 1. The number of hydrogen-bond acceptors (Lipinski definition) is 2. The van der Waals surface area contributed by atoms with Gasteiger partial charge in [0.25, 0.3) is 0 Å². The van der Waals surface area contributed by atoms with Crippen LogP contribution in [0.3, 0.4) is 0 Å². The third-order valence-corrected chi connectivity index (χ3v) is 4.59. The summed E-state index contributed by atoms with van der Waals surface area (Å²) in [5, 5.41) is 9.10. The van der Waals surface area contributed by atoms with Gasteiger partial charge in [0.05, 0.1) is 11.7 Å². The molecular weight excluding hydrogens is 286 g/mol. The molecule has 0 radical (unpaired) electrons. The van der Waals surface area contributed by atoms with Crippen molar-refractivity contribution in [3.63, 3.8) is 0 Å². The van der Waals surface area contributed by atoms with Crippen molar-refractivity contribution in [2.75, 3.05) is 0 Å². The summed E-state index contributed by atoms with van der Waals surface area (Å²) in [6.07, 6.45) is 6.53. The van der Waals surface area contributed by atoms with Gasteiger partial charge in [-0.15, -0.1) is 0 Å². The molecule has 1 aromatic carbocycles. The maximum atomic E-state index is 12.2. The minimum absolute atomic E-state index is 0.0266. The van der Waals surface area contributed by atoms with E-state index in [4.69, 9.17) is 11.6 Å². The van der Waals surface area contributed by atoms with Crippen molar-refractivity contribution in [3.8, 4) is 0 Å². The van der Waals surface area contributed by atoms with Crippen molar-refractivity contribution in [3.05, 3.63) is 29.4 Å². The number of benzene rings is 1. The molecule has 1 amide bonds. The van der Waals surface area contributed by atoms with Crippen molar-refractivity contribution < 1.29 is 4.79 Å². The second kappa shape index (κ2) is 6.06. The fraction of sp³-hybridized carbons (Fsp3) is 0.500. The van der Waals surface area contributed by atoms with Crippen LogP contribution in [0.4, 0.5) is 0 Å². The number of carbonyl (C=O) groups is 1. The van der Waals surface area contributed by atoms with Crippen LogP contribution in [0.15, 0.2) is 24.4 Å². The molecule has 2 aromatic rings. The molecule has 5 heteroatoms. The summed E-state index contributed by atoms with van der Waals surface area (Å²) in [4.78, 5) is 12.2. The maximum Gasteiger partial charge on any atom is 0.241 e. The summed E-state index contributed by atoms with van der Waals surface area (Å²) < 4.78 is 1.71. The lowest BCUT2D eigenvalue weighted by Gasteiger charge is -2.29. The highest BCUT2D eigenvalue weighted by Crippen LogP contribution is 2.24. The third kappa shape index (κ3) is 3.21. The van der Waals surface area contributed by atoms with Gasteiger partial charge in [-0.3, -0.25) is 9.48 Å². The number of carbonyl (C=O) groups excluding carboxylic acids is 1. The first kappa shape index (κ1) is 14.4. The first-order valence-electron chi connectivity index (χ1n) is 7.54. The molecule has 0 saturated heterocycles. The van der Waals surface area contributed by atoms with Crippen molar-refractivity contribution in [2.45, 2.75) is 45.2 Å². The summed E-state index contributed by atoms with van der Waals surface area (Å²) in [6, 6.07) is 5.90. The summed E-state index contributed by atoms with van der Waals surface area (Å²) >= 11 is 6.02. The SMILES string of the molecule is C[C@H]1CCCC[C@H]1NC(=O)Cn1ncc2ccc(Cl)cc21. The van der Waals surface area contributed by atoms with Gasteiger partial charge in [0.1, 0.15) is 6.54 Å². The number of amides is 1. The molecule has 0 aliphatic heterocycles. The lowest BCUT2D eigenvalue weighted by atomic mass is 9.86. The Kier molecular flexibility index (Phi) is 4.15. The molecule has 4 nitrogen and oxygen atoms in total. The lowest BCUT2D eigenvalue weighted by molar-refractivity contribution is -0.123. The molecule has 1 N–H and O–H groups in total. The summed E-state index contributed by atoms with van der Waals surface area (Å²) in [5.41, 5.74) is 0.898. The van der Waals surface area contributed by atoms with Gasteiger partial charge in [-0.1, -0.05) is 31.4 Å². The van der Waals surface area contributed by atoms with Gasteiger partial charge in [-0.25, -0.2) is 0 Å². The van der Waals surface area contributed by atoms with Crippen LogP contribution < -0.4 is 5.32 Å². The van der Waals surface area contributed by atoms with E-state index in [1.165, 1.54) is 19.3 Å². The van der Waals surface area contributed by atoms with Gasteiger partial charge in [0, 0.05) is 16.5 Å². The quantitative estimate of drug-likeness (QED) is 0.945. The highest BCUT2D eigenvalue weighted by atomic mass is 35.5. The van der Waals surface area contributed by atoms with E-state index in [2.05, 4.69) is 17.3 Å². The zero-order chi connectivity index (χ0) is 14.8. The first-order valence-corrected chi connectivity index (χ1v) is 7.92. The Bertz CT molecular complexity index is 652. The van der Waals surface area contributed by atoms with E-state index in [1.807, 2.05) is 18.2 Å². The van der Waals surface area contributed by atoms with Gasteiger partial charge >= 0.3 is 0 Å². The van der Waals surface area contributed by atoms with E-state index >= 15 is 0 Å². The standard InChI is InChI=1S/C16H20ClN3O/c1-11-4-2-3-5-14(11)19-16(21)10-20-15-8-13(17)7-6-12(15)9-18-20/h6-9,11,14H,2-5,10H2,1H3,(H,19,21)/t11-,14+/m0/s1. The van der Waals surface area contributed by atoms with Crippen molar-refractivity contribution in [1.29, 1.82) is 0 Å². The average Bonchev–Trinajstić information content (AvgIpc) is 2.84. The molecule has 1 aliphatic rings. The Labute approximate surface area is 129 Å². The normalized spacial score (nSPS) is 22.4. The van der Waals surface area contributed by atoms with Crippen LogP contribution in [0.25, 0.3) is 10.9 Å². The second-order valence-electron chi connectivity index (χ2n) is 5.94. The van der Waals surface area contributed by atoms with Crippen LogP contribution in [0, 0.1) is 5.92 Å². The molecule has 1 aliphatic carbocycles. The molecule has 1 aromatic heterocycles. The van der Waals surface area contributed by atoms with Crippen LogP contribution >= 0.6 is 11.6 Å². The monoisotopic (exact) mass is 305 g/mol. The van der Waals surface area contributed by atoms with Crippen molar-refractivity contribution in [1.82, 2.24) is 15.1 Å². The third-order valence-electron chi connectivity index (χ3n) is 4.36. The number of nitrogens with zero attached hydrogens (tertiary/aromatic N) is 2. The molecule has 3 rings (SSSR count). The highest BCUT2D eigenvalue weighted by molar-refractivity contribution is 6.31. The largest absolute Gasteiger partial charge is 0.351 e. The van der Waals surface area contributed by atoms with E-state index in [0.29, 0.717) is 17.0 Å². The molecule has 0 spiro atoms. The van der Waals surface area contributed by atoms with Crippen LogP contribution in [0.5, 0.6) is 0 Å². The smallest absolute Gasteiger partial charge is 0.241 e. The average molecular weight is 306 g/mol. The van der Waals surface area contributed by atoms with Crippen LogP contribution in [-0.2, 0) is 11.3 Å². The topological polar surface area (TPSA) is 46.9 Å². The molecule has 1 saturated carbocycles. The summed E-state index contributed by atoms with van der Waals surface area (Å²) in [5.74, 6) is 0.588. The molecule has 0 bridgehead atoms. The number of hydrogen-bond donors (Lipinski definition) is 1. The van der Waals surface area contributed by atoms with Gasteiger partial charge in [-0.2, -0.15) is 5.10 Å². The predicted molar refractivity (Wildman–Crippen MR) is 84.3 cm³/mol. The minimum atomic E-state index is 0.0266. The molecule has 21 heavy (non-hydrogen) atoms. The zero-order valence-electron chi connectivity index (χ0n) is 12.2. The van der Waals surface area contributed by atoms with Gasteiger partial charge in [-0.05, 0) is 37.0 Å². The van der Waals surface area contributed by atoms with E-state index in [1.54, 1.807) is 10.9 Å². The van der Waals surface area contributed by atoms with E-state index in [0.717, 1.165) is 17.3 Å². The van der Waals surface area contributed by atoms with E-state index in [-0.39, 0.29) is 12.5 Å². The van der Waals surface area contributed by atoms with Crippen LogP contribution in [0.1, 0.15) is 32.6 Å². The van der Waals surface area contributed by atoms with Gasteiger partial charge < -0.3 is 5.32 Å². The molecule has 112 valence electrons. The highest BCUT2D eigenvalue weighted by Gasteiger charge is 2.23. The fourth-order valence-corrected chi connectivity index (χ4v) is 3.26. The number of fused-ring (bicyclic) bond motifs is 1. The zero-order valence-corrected chi connectivity index (χ0v) is 12.9. The number of nitrogens with one attached hydrogen (secondary N) is 1. The Hall–Kier alpha value is -1.55. The summed E-state index contributed by atoms with van der Waals surface area (Å²) in [7, 11) is 0. The van der Waals surface area contributed by atoms with Crippen LogP contribution in [-0.4, -0.2) is 21.7 Å². The first-order chi connectivity index (χ1) is 10.1. The van der Waals surface area contributed by atoms with Gasteiger partial charge in [0.15, 0.2) is 0 Å². The Morgan fingerprint density at radius 2 is 2.24 bits per heavy atom. The lowest BCUT2D eigenvalue weighted by Crippen LogP contribution is -2.42. The van der Waals surface area contributed by atoms with Crippen LogP contribution in [0.2, 0.25) is 5.02 Å². The van der Waals surface area contributed by atoms with E-state index < -0.39 is 0 Å². The Morgan fingerprint density at radius 3 is 3.05 bits per heavy atom. The summed E-state index contributed by atoms with van der Waals surface area (Å²) in [6.45, 7) is 2.46. The minimum Gasteiger partial charge on any atom is -0.351 e. The molecule has 2 atom stereocenters. The molecule has 1 fully saturated rings. The molecule has 1 heterocycles. The van der Waals surface area contributed by atoms with Crippen molar-refractivity contribution >= 4 is 28.4 Å². The Balaban J connectivity index is 1.70. The number of aromatic nitrogens is 2. The van der Waals surface area contributed by atoms with E-state index in [9.17, 15) is 4.79 Å². The second-order valence-corrected chi connectivity index (χ2v) is 6.38. The fourth-order valence-electron chi connectivity index (χ4n) is 3.09. The maximum absolute atomic E-state index is 12.2. The molecular formula is C16H20ClN3O. The molecule has 0 unspecified atom stereocenters.